The molecule has 3 heterocycles. The summed E-state index contributed by atoms with van der Waals surface area (Å²) >= 11 is 0. The molecule has 2 aliphatic carbocycles. The zero-order valence-electron chi connectivity index (χ0n) is 31.9. The van der Waals surface area contributed by atoms with Crippen LogP contribution in [0.25, 0.3) is 89.3 Å². The molecule has 0 N–H and O–H groups in total. The Kier molecular flexibility index (Phi) is 7.41. The Bertz CT molecular complexity index is 3190. The molecule has 0 fully saturated rings. The lowest BCUT2D eigenvalue weighted by molar-refractivity contribution is 0.794. The Hall–Kier alpha value is -7.82. The van der Waals surface area contributed by atoms with Crippen molar-refractivity contribution in [1.82, 2.24) is 19.9 Å². The lowest BCUT2D eigenvalue weighted by Crippen LogP contribution is -2.25. The molecule has 12 rings (SSSR count). The molecular formula is C55H34N4. The number of aromatic nitrogens is 4. The second kappa shape index (κ2) is 13.1. The van der Waals surface area contributed by atoms with Gasteiger partial charge in [0.1, 0.15) is 0 Å². The van der Waals surface area contributed by atoms with E-state index >= 15 is 0 Å². The van der Waals surface area contributed by atoms with E-state index in [1.165, 1.54) is 44.5 Å². The number of nitrogens with zero attached hydrogens (tertiary/aromatic N) is 4. The number of hydrogen-bond acceptors (Lipinski definition) is 4. The molecule has 0 saturated carbocycles. The third-order valence-corrected chi connectivity index (χ3v) is 12.3. The highest BCUT2D eigenvalue weighted by molar-refractivity contribution is 5.96. The molecule has 2 aliphatic rings. The predicted octanol–water partition coefficient (Wildman–Crippen LogP) is 13.1. The van der Waals surface area contributed by atoms with E-state index in [2.05, 4.69) is 186 Å². The average molecular weight is 751 g/mol. The van der Waals surface area contributed by atoms with Crippen molar-refractivity contribution in [3.05, 3.63) is 229 Å². The first kappa shape index (κ1) is 33.3. The fourth-order valence-electron chi connectivity index (χ4n) is 9.64. The van der Waals surface area contributed by atoms with Crippen molar-refractivity contribution in [3.63, 3.8) is 0 Å². The maximum Gasteiger partial charge on any atom is 0.160 e. The summed E-state index contributed by atoms with van der Waals surface area (Å²) in [4.78, 5) is 19.6. The van der Waals surface area contributed by atoms with Crippen LogP contribution in [0.5, 0.6) is 0 Å². The maximum atomic E-state index is 5.37. The highest BCUT2D eigenvalue weighted by Gasteiger charge is 2.51. The monoisotopic (exact) mass is 750 g/mol. The lowest BCUT2D eigenvalue weighted by Gasteiger charge is -2.30. The van der Waals surface area contributed by atoms with Crippen LogP contribution in [0.15, 0.2) is 207 Å². The van der Waals surface area contributed by atoms with Gasteiger partial charge in [-0.3, -0.25) is 9.97 Å². The van der Waals surface area contributed by atoms with Gasteiger partial charge in [0.2, 0.25) is 0 Å². The summed E-state index contributed by atoms with van der Waals surface area (Å²) in [6, 6.07) is 67.5. The Morgan fingerprint density at radius 2 is 0.881 bits per heavy atom. The molecule has 0 amide bonds. The summed E-state index contributed by atoms with van der Waals surface area (Å²) in [5.41, 5.74) is 20.0. The van der Waals surface area contributed by atoms with Crippen molar-refractivity contribution in [2.45, 2.75) is 5.41 Å². The van der Waals surface area contributed by atoms with E-state index in [1.807, 2.05) is 24.5 Å². The maximum absolute atomic E-state index is 5.37. The molecule has 0 atom stereocenters. The van der Waals surface area contributed by atoms with Crippen LogP contribution in [-0.2, 0) is 5.41 Å². The summed E-state index contributed by atoms with van der Waals surface area (Å²) in [6.45, 7) is 0. The minimum atomic E-state index is -0.454. The van der Waals surface area contributed by atoms with Gasteiger partial charge < -0.3 is 0 Å². The van der Waals surface area contributed by atoms with E-state index in [1.54, 1.807) is 6.20 Å². The van der Waals surface area contributed by atoms with Crippen molar-refractivity contribution >= 4 is 10.9 Å². The highest BCUT2D eigenvalue weighted by atomic mass is 14.9. The number of fused-ring (bicyclic) bond motifs is 11. The Morgan fingerprint density at radius 3 is 1.51 bits per heavy atom. The third kappa shape index (κ3) is 5.10. The molecule has 0 unspecified atom stereocenters. The Labute approximate surface area is 342 Å². The second-order valence-electron chi connectivity index (χ2n) is 15.4. The van der Waals surface area contributed by atoms with Crippen LogP contribution in [0, 0.1) is 0 Å². The molecule has 7 aromatic carbocycles. The molecular weight excluding hydrogens is 717 g/mol. The van der Waals surface area contributed by atoms with Gasteiger partial charge in [0.15, 0.2) is 5.82 Å². The highest BCUT2D eigenvalue weighted by Crippen LogP contribution is 2.63. The molecule has 4 heteroatoms. The van der Waals surface area contributed by atoms with Crippen LogP contribution in [0.4, 0.5) is 0 Å². The first-order valence-electron chi connectivity index (χ1n) is 20.0. The van der Waals surface area contributed by atoms with Crippen LogP contribution >= 0.6 is 0 Å². The van der Waals surface area contributed by atoms with Gasteiger partial charge in [-0.05, 0) is 97.1 Å². The molecule has 0 saturated heterocycles. The van der Waals surface area contributed by atoms with Crippen LogP contribution in [0.1, 0.15) is 22.3 Å². The molecule has 3 aromatic heterocycles. The van der Waals surface area contributed by atoms with E-state index in [0.29, 0.717) is 5.82 Å². The van der Waals surface area contributed by atoms with Crippen LogP contribution < -0.4 is 0 Å². The van der Waals surface area contributed by atoms with E-state index in [0.717, 1.165) is 61.2 Å². The van der Waals surface area contributed by atoms with Gasteiger partial charge in [-0.15, -0.1) is 0 Å². The molecule has 0 bridgehead atoms. The molecule has 10 aromatic rings. The molecule has 1 spiro atoms. The summed E-state index contributed by atoms with van der Waals surface area (Å²) in [7, 11) is 0. The first-order valence-corrected chi connectivity index (χ1v) is 20.0. The SMILES string of the molecule is c1cncc(-c2ccc(-c3cc(-c4ccc(-c5ccnc6ccccc56)cc4)nc(-c4ccc5c(c4)C4(c6ccccc6-c6ccccc64)c4ccccc4-5)n3)cc2)c1. The second-order valence-corrected chi connectivity index (χ2v) is 15.4. The average Bonchev–Trinajstić information content (AvgIpc) is 3.79. The van der Waals surface area contributed by atoms with E-state index in [4.69, 9.17) is 9.97 Å². The largest absolute Gasteiger partial charge is 0.264 e. The van der Waals surface area contributed by atoms with Crippen molar-refractivity contribution in [1.29, 1.82) is 0 Å². The van der Waals surface area contributed by atoms with Crippen molar-refractivity contribution in [3.8, 4) is 78.4 Å². The van der Waals surface area contributed by atoms with Crippen LogP contribution in [0.2, 0.25) is 0 Å². The van der Waals surface area contributed by atoms with Gasteiger partial charge in [0, 0.05) is 40.7 Å². The quantitative estimate of drug-likeness (QED) is 0.176. The summed E-state index contributed by atoms with van der Waals surface area (Å²) in [6.07, 6.45) is 5.59. The van der Waals surface area contributed by atoms with Crippen molar-refractivity contribution < 1.29 is 0 Å². The first-order chi connectivity index (χ1) is 29.2. The molecule has 4 nitrogen and oxygen atoms in total. The topological polar surface area (TPSA) is 51.6 Å². The third-order valence-electron chi connectivity index (χ3n) is 12.3. The zero-order valence-corrected chi connectivity index (χ0v) is 31.9. The van der Waals surface area contributed by atoms with Crippen molar-refractivity contribution in [2.24, 2.45) is 0 Å². The minimum Gasteiger partial charge on any atom is -0.264 e. The molecule has 274 valence electrons. The van der Waals surface area contributed by atoms with Gasteiger partial charge in [0.05, 0.1) is 22.3 Å². The number of pyridine rings is 2. The van der Waals surface area contributed by atoms with Gasteiger partial charge >= 0.3 is 0 Å². The zero-order chi connectivity index (χ0) is 38.9. The standard InChI is InChI=1S/C55H34N4/c1-5-15-47-42(11-1)43-12-2-6-16-48(43)55(47)49-17-7-3-13-44(49)45-28-27-39(32-50(45)55)54-58-52(37-23-19-35(20-24-37)40-10-9-30-56-34-40)33-53(59-54)38-25-21-36(22-26-38)41-29-31-57-51-18-8-4-14-46(41)51/h1-34H. The number of hydrogen-bond donors (Lipinski definition) is 0. The normalized spacial score (nSPS) is 12.9. The van der Waals surface area contributed by atoms with Gasteiger partial charge in [0.25, 0.3) is 0 Å². The molecule has 59 heavy (non-hydrogen) atoms. The Morgan fingerprint density at radius 1 is 0.339 bits per heavy atom. The van der Waals surface area contributed by atoms with Gasteiger partial charge in [-0.1, -0.05) is 158 Å². The Balaban J connectivity index is 1.03. The molecule has 0 radical (unpaired) electrons. The summed E-state index contributed by atoms with van der Waals surface area (Å²) in [5.74, 6) is 0.687. The van der Waals surface area contributed by atoms with Crippen molar-refractivity contribution in [2.75, 3.05) is 0 Å². The molecule has 0 aliphatic heterocycles. The lowest BCUT2D eigenvalue weighted by atomic mass is 9.70. The van der Waals surface area contributed by atoms with E-state index < -0.39 is 5.41 Å². The van der Waals surface area contributed by atoms with Crippen LogP contribution in [-0.4, -0.2) is 19.9 Å². The number of benzene rings is 7. The fourth-order valence-corrected chi connectivity index (χ4v) is 9.64. The smallest absolute Gasteiger partial charge is 0.160 e. The minimum absolute atomic E-state index is 0.454. The van der Waals surface area contributed by atoms with Crippen LogP contribution in [0.3, 0.4) is 0 Å². The van der Waals surface area contributed by atoms with E-state index in [9.17, 15) is 0 Å². The predicted molar refractivity (Wildman–Crippen MR) is 239 cm³/mol. The van der Waals surface area contributed by atoms with E-state index in [-0.39, 0.29) is 0 Å². The number of rotatable bonds is 5. The number of para-hydroxylation sites is 1. The van der Waals surface area contributed by atoms with Gasteiger partial charge in [-0.2, -0.15) is 0 Å². The summed E-state index contributed by atoms with van der Waals surface area (Å²) in [5, 5.41) is 1.13. The summed E-state index contributed by atoms with van der Waals surface area (Å²) < 4.78 is 0. The fraction of sp³-hybridized carbons (Fsp3) is 0.0182. The van der Waals surface area contributed by atoms with Gasteiger partial charge in [-0.25, -0.2) is 9.97 Å².